The van der Waals surface area contributed by atoms with Gasteiger partial charge in [-0.05, 0) is 38.5 Å². The summed E-state index contributed by atoms with van der Waals surface area (Å²) >= 11 is 0. The van der Waals surface area contributed by atoms with Crippen molar-refractivity contribution in [2.75, 3.05) is 13.1 Å². The highest BCUT2D eigenvalue weighted by Crippen LogP contribution is 2.30. The first-order valence-corrected chi connectivity index (χ1v) is 9.03. The number of fused-ring (bicyclic) bond motifs is 2. The van der Waals surface area contributed by atoms with Gasteiger partial charge in [0.05, 0.1) is 0 Å². The minimum atomic E-state index is -3.31. The second-order valence-corrected chi connectivity index (χ2v) is 7.48. The molecule has 0 amide bonds. The molecule has 2 aliphatic heterocycles. The van der Waals surface area contributed by atoms with E-state index in [0.717, 1.165) is 25.7 Å². The van der Waals surface area contributed by atoms with E-state index in [0.29, 0.717) is 25.2 Å². The molecule has 2 saturated heterocycles. The Labute approximate surface area is 117 Å². The minimum absolute atomic E-state index is 0.174. The molecule has 2 bridgehead atoms. The maximum absolute atomic E-state index is 12.4. The van der Waals surface area contributed by atoms with Crippen LogP contribution in [-0.2, 0) is 10.2 Å². The van der Waals surface area contributed by atoms with Gasteiger partial charge in [0.15, 0.2) is 0 Å². The second kappa shape index (κ2) is 6.52. The van der Waals surface area contributed by atoms with Crippen LogP contribution in [0, 0.1) is 0 Å². The fraction of sp³-hybridized carbons (Fsp3) is 1.00. The zero-order valence-corrected chi connectivity index (χ0v) is 12.9. The summed E-state index contributed by atoms with van der Waals surface area (Å²) in [5, 5.41) is 3.57. The number of hydrogen-bond donors (Lipinski definition) is 2. The Bertz CT molecular complexity index is 373. The fourth-order valence-electron chi connectivity index (χ4n) is 3.30. The third-order valence-corrected chi connectivity index (χ3v) is 5.81. The van der Waals surface area contributed by atoms with Gasteiger partial charge in [0.25, 0.3) is 10.2 Å². The van der Waals surface area contributed by atoms with E-state index in [1.165, 1.54) is 12.8 Å². The summed E-state index contributed by atoms with van der Waals surface area (Å²) in [4.78, 5) is 0. The molecule has 0 radical (unpaired) electrons. The van der Waals surface area contributed by atoms with Crippen LogP contribution in [0.25, 0.3) is 0 Å². The molecule has 2 heterocycles. The Morgan fingerprint density at radius 1 is 1.16 bits per heavy atom. The normalized spacial score (nSPS) is 31.0. The Morgan fingerprint density at radius 2 is 1.79 bits per heavy atom. The maximum atomic E-state index is 12.4. The lowest BCUT2D eigenvalue weighted by Crippen LogP contribution is -2.53. The van der Waals surface area contributed by atoms with Gasteiger partial charge < -0.3 is 5.32 Å². The second-order valence-electron chi connectivity index (χ2n) is 5.77. The van der Waals surface area contributed by atoms with Gasteiger partial charge in [-0.1, -0.05) is 13.8 Å². The van der Waals surface area contributed by atoms with Crippen molar-refractivity contribution in [2.45, 2.75) is 70.5 Å². The van der Waals surface area contributed by atoms with Crippen LogP contribution < -0.4 is 10.0 Å². The fourth-order valence-corrected chi connectivity index (χ4v) is 4.91. The summed E-state index contributed by atoms with van der Waals surface area (Å²) in [5.41, 5.74) is 0. The lowest BCUT2D eigenvalue weighted by atomic mass is 10.00. The van der Waals surface area contributed by atoms with Crippen LogP contribution in [0.5, 0.6) is 0 Å². The SMILES string of the molecule is CCCNS(=O)(=O)N(CCC)C1CC2CCC(C1)N2. The van der Waals surface area contributed by atoms with Crippen LogP contribution in [0.15, 0.2) is 0 Å². The van der Waals surface area contributed by atoms with E-state index in [-0.39, 0.29) is 6.04 Å². The molecule has 19 heavy (non-hydrogen) atoms. The molecular formula is C13H27N3O2S. The van der Waals surface area contributed by atoms with Crippen LogP contribution in [0.3, 0.4) is 0 Å². The van der Waals surface area contributed by atoms with Gasteiger partial charge in [-0.3, -0.25) is 0 Å². The molecule has 2 N–H and O–H groups in total. The summed E-state index contributed by atoms with van der Waals surface area (Å²) in [5.74, 6) is 0. The van der Waals surface area contributed by atoms with Crippen molar-refractivity contribution in [3.8, 4) is 0 Å². The number of piperidine rings is 1. The molecule has 2 rings (SSSR count). The van der Waals surface area contributed by atoms with Crippen molar-refractivity contribution in [3.63, 3.8) is 0 Å². The third-order valence-electron chi connectivity index (χ3n) is 4.14. The summed E-state index contributed by atoms with van der Waals surface area (Å²) in [6.45, 7) is 5.18. The third kappa shape index (κ3) is 3.68. The monoisotopic (exact) mass is 289 g/mol. The molecule has 112 valence electrons. The quantitative estimate of drug-likeness (QED) is 0.741. The molecule has 2 unspecified atom stereocenters. The molecular weight excluding hydrogens is 262 g/mol. The van der Waals surface area contributed by atoms with Gasteiger partial charge in [-0.2, -0.15) is 12.7 Å². The van der Waals surface area contributed by atoms with Gasteiger partial charge in [0, 0.05) is 31.2 Å². The lowest BCUT2D eigenvalue weighted by molar-refractivity contribution is 0.224. The topological polar surface area (TPSA) is 61.4 Å². The Morgan fingerprint density at radius 3 is 2.32 bits per heavy atom. The van der Waals surface area contributed by atoms with Gasteiger partial charge in [0.1, 0.15) is 0 Å². The first-order valence-electron chi connectivity index (χ1n) is 7.59. The first-order chi connectivity index (χ1) is 9.06. The zero-order valence-electron chi connectivity index (χ0n) is 12.1. The maximum Gasteiger partial charge on any atom is 0.279 e. The first kappa shape index (κ1) is 15.2. The van der Waals surface area contributed by atoms with Crippen LogP contribution >= 0.6 is 0 Å². The largest absolute Gasteiger partial charge is 0.311 e. The summed E-state index contributed by atoms with van der Waals surface area (Å²) in [7, 11) is -3.31. The van der Waals surface area contributed by atoms with Gasteiger partial charge in [0.2, 0.25) is 0 Å². The van der Waals surface area contributed by atoms with Gasteiger partial charge in [-0.25, -0.2) is 4.72 Å². The molecule has 0 saturated carbocycles. The zero-order chi connectivity index (χ0) is 13.9. The molecule has 0 aliphatic carbocycles. The van der Waals surface area contributed by atoms with Crippen molar-refractivity contribution in [1.82, 2.24) is 14.3 Å². The van der Waals surface area contributed by atoms with E-state index in [4.69, 9.17) is 0 Å². The predicted molar refractivity (Wildman–Crippen MR) is 77.2 cm³/mol. The minimum Gasteiger partial charge on any atom is -0.311 e. The summed E-state index contributed by atoms with van der Waals surface area (Å²) in [6, 6.07) is 1.21. The van der Waals surface area contributed by atoms with Crippen molar-refractivity contribution < 1.29 is 8.42 Å². The van der Waals surface area contributed by atoms with Crippen LogP contribution in [0.1, 0.15) is 52.4 Å². The van der Waals surface area contributed by atoms with E-state index in [2.05, 4.69) is 10.0 Å². The average Bonchev–Trinajstić information content (AvgIpc) is 2.72. The lowest BCUT2D eigenvalue weighted by Gasteiger charge is -2.36. The van der Waals surface area contributed by atoms with E-state index >= 15 is 0 Å². The van der Waals surface area contributed by atoms with E-state index in [1.807, 2.05) is 13.8 Å². The molecule has 6 heteroatoms. The Kier molecular flexibility index (Phi) is 5.22. The Balaban J connectivity index is 2.06. The summed E-state index contributed by atoms with van der Waals surface area (Å²) < 4.78 is 29.2. The number of hydrogen-bond acceptors (Lipinski definition) is 3. The van der Waals surface area contributed by atoms with Crippen molar-refractivity contribution >= 4 is 10.2 Å². The number of rotatable bonds is 7. The molecule has 0 aromatic carbocycles. The number of nitrogens with one attached hydrogen (secondary N) is 2. The predicted octanol–water partition coefficient (Wildman–Crippen LogP) is 1.23. The van der Waals surface area contributed by atoms with Crippen molar-refractivity contribution in [2.24, 2.45) is 0 Å². The van der Waals surface area contributed by atoms with Crippen molar-refractivity contribution in [1.29, 1.82) is 0 Å². The summed E-state index contributed by atoms with van der Waals surface area (Å²) in [6.07, 6.45) is 6.02. The molecule has 5 nitrogen and oxygen atoms in total. The van der Waals surface area contributed by atoms with E-state index < -0.39 is 10.2 Å². The molecule has 0 aromatic heterocycles. The highest BCUT2D eigenvalue weighted by Gasteiger charge is 2.39. The highest BCUT2D eigenvalue weighted by atomic mass is 32.2. The molecule has 2 atom stereocenters. The highest BCUT2D eigenvalue weighted by molar-refractivity contribution is 7.87. The Hall–Kier alpha value is -0.170. The van der Waals surface area contributed by atoms with E-state index in [1.54, 1.807) is 4.31 Å². The van der Waals surface area contributed by atoms with Gasteiger partial charge >= 0.3 is 0 Å². The average molecular weight is 289 g/mol. The van der Waals surface area contributed by atoms with Crippen LogP contribution in [0.4, 0.5) is 0 Å². The molecule has 0 aromatic rings. The van der Waals surface area contributed by atoms with Crippen LogP contribution in [0.2, 0.25) is 0 Å². The standard InChI is InChI=1S/C13H27N3O2S/c1-3-7-14-19(17,18)16(8-4-2)13-9-11-5-6-12(10-13)15-11/h11-15H,3-10H2,1-2H3. The molecule has 2 fully saturated rings. The van der Waals surface area contributed by atoms with E-state index in [9.17, 15) is 8.42 Å². The smallest absolute Gasteiger partial charge is 0.279 e. The van der Waals surface area contributed by atoms with Gasteiger partial charge in [-0.15, -0.1) is 0 Å². The van der Waals surface area contributed by atoms with Crippen molar-refractivity contribution in [3.05, 3.63) is 0 Å². The number of nitrogens with zero attached hydrogens (tertiary/aromatic N) is 1. The van der Waals surface area contributed by atoms with Crippen LogP contribution in [-0.4, -0.2) is 43.9 Å². The molecule has 2 aliphatic rings. The molecule has 0 spiro atoms.